The van der Waals surface area contributed by atoms with E-state index in [1.807, 2.05) is 6.07 Å². The van der Waals surface area contributed by atoms with Crippen LogP contribution in [0.15, 0.2) is 35.3 Å². The molecular weight excluding hydrogens is 248 g/mol. The molecule has 0 radical (unpaired) electrons. The third-order valence-electron chi connectivity index (χ3n) is 3.16. The molecule has 0 amide bonds. The van der Waals surface area contributed by atoms with Gasteiger partial charge in [0.25, 0.3) is 0 Å². The van der Waals surface area contributed by atoms with Crippen molar-refractivity contribution in [1.82, 2.24) is 0 Å². The first-order valence-electron chi connectivity index (χ1n) is 5.93. The molecule has 2 unspecified atom stereocenters. The lowest BCUT2D eigenvalue weighted by molar-refractivity contribution is -0.492. The maximum absolute atomic E-state index is 11.6. The summed E-state index contributed by atoms with van der Waals surface area (Å²) >= 11 is 0. The number of carbonyl (C=O) groups is 1. The van der Waals surface area contributed by atoms with Crippen LogP contribution in [0.2, 0.25) is 0 Å². The van der Waals surface area contributed by atoms with Gasteiger partial charge >= 0.3 is 5.97 Å². The predicted octanol–water partition coefficient (Wildman–Crippen LogP) is 1.77. The van der Waals surface area contributed by atoms with Crippen LogP contribution in [-0.2, 0) is 15.3 Å². The standard InChI is InChI=1S/C13H14N2O4/c1-9(8-15(17)18)13(11-6-4-3-5-7-11)14-10(2)12(16)19-13/h3-7,9H,8H2,1-2H3. The summed E-state index contributed by atoms with van der Waals surface area (Å²) in [6.07, 6.45) is 0. The van der Waals surface area contributed by atoms with E-state index in [1.165, 1.54) is 0 Å². The Morgan fingerprint density at radius 3 is 2.53 bits per heavy atom. The van der Waals surface area contributed by atoms with Crippen LogP contribution in [-0.4, -0.2) is 23.1 Å². The summed E-state index contributed by atoms with van der Waals surface area (Å²) in [5.74, 6) is -1.08. The smallest absolute Gasteiger partial charge is 0.354 e. The predicted molar refractivity (Wildman–Crippen MR) is 68.3 cm³/mol. The molecular formula is C13H14N2O4. The lowest BCUT2D eigenvalue weighted by Gasteiger charge is -2.29. The van der Waals surface area contributed by atoms with Crippen LogP contribution in [0.25, 0.3) is 0 Å². The third-order valence-corrected chi connectivity index (χ3v) is 3.16. The van der Waals surface area contributed by atoms with Crippen LogP contribution in [0.5, 0.6) is 0 Å². The van der Waals surface area contributed by atoms with Crippen LogP contribution < -0.4 is 0 Å². The molecule has 0 N–H and O–H groups in total. The van der Waals surface area contributed by atoms with E-state index in [4.69, 9.17) is 4.74 Å². The topological polar surface area (TPSA) is 81.8 Å². The van der Waals surface area contributed by atoms with Crippen LogP contribution in [0.4, 0.5) is 0 Å². The molecule has 0 saturated carbocycles. The fourth-order valence-corrected chi connectivity index (χ4v) is 2.18. The van der Waals surface area contributed by atoms with E-state index >= 15 is 0 Å². The number of aliphatic imine (C=N–C) groups is 1. The van der Waals surface area contributed by atoms with Gasteiger partial charge in [-0.2, -0.15) is 0 Å². The Hall–Kier alpha value is -2.24. The number of carbonyl (C=O) groups excluding carboxylic acids is 1. The second-order valence-corrected chi connectivity index (χ2v) is 4.57. The Morgan fingerprint density at radius 1 is 1.42 bits per heavy atom. The second-order valence-electron chi connectivity index (χ2n) is 4.57. The highest BCUT2D eigenvalue weighted by molar-refractivity contribution is 6.36. The molecule has 0 fully saturated rings. The van der Waals surface area contributed by atoms with Crippen molar-refractivity contribution >= 4 is 11.7 Å². The van der Waals surface area contributed by atoms with Gasteiger partial charge in [-0.15, -0.1) is 0 Å². The van der Waals surface area contributed by atoms with Crippen molar-refractivity contribution in [3.05, 3.63) is 46.0 Å². The van der Waals surface area contributed by atoms with Crippen molar-refractivity contribution in [2.75, 3.05) is 6.54 Å². The molecule has 2 atom stereocenters. The van der Waals surface area contributed by atoms with E-state index < -0.39 is 22.5 Å². The van der Waals surface area contributed by atoms with Gasteiger partial charge in [0, 0.05) is 10.5 Å². The summed E-state index contributed by atoms with van der Waals surface area (Å²) in [5.41, 5.74) is -0.399. The molecule has 1 aromatic rings. The average Bonchev–Trinajstić information content (AvgIpc) is 2.67. The molecule has 1 aliphatic rings. The van der Waals surface area contributed by atoms with Crippen molar-refractivity contribution < 1.29 is 14.5 Å². The molecule has 0 bridgehead atoms. The van der Waals surface area contributed by atoms with E-state index in [1.54, 1.807) is 38.1 Å². The quantitative estimate of drug-likeness (QED) is 0.470. The minimum absolute atomic E-state index is 0.235. The first kappa shape index (κ1) is 13.2. The molecule has 1 heterocycles. The molecule has 19 heavy (non-hydrogen) atoms. The van der Waals surface area contributed by atoms with E-state index in [-0.39, 0.29) is 12.3 Å². The zero-order chi connectivity index (χ0) is 14.0. The number of ether oxygens (including phenoxy) is 1. The average molecular weight is 262 g/mol. The maximum Gasteiger partial charge on any atom is 0.354 e. The number of rotatable bonds is 4. The Balaban J connectivity index is 2.47. The molecule has 6 nitrogen and oxygen atoms in total. The van der Waals surface area contributed by atoms with Gasteiger partial charge in [-0.05, 0) is 13.8 Å². The summed E-state index contributed by atoms with van der Waals surface area (Å²) in [6.45, 7) is 2.88. The minimum atomic E-state index is -1.28. The molecule has 0 aromatic heterocycles. The zero-order valence-electron chi connectivity index (χ0n) is 10.7. The fourth-order valence-electron chi connectivity index (χ4n) is 2.18. The monoisotopic (exact) mass is 262 g/mol. The molecule has 1 aromatic carbocycles. The first-order chi connectivity index (χ1) is 8.95. The number of cyclic esters (lactones) is 1. The number of esters is 1. The number of hydrogen-bond donors (Lipinski definition) is 0. The van der Waals surface area contributed by atoms with Crippen molar-refractivity contribution in [1.29, 1.82) is 0 Å². The lowest BCUT2D eigenvalue weighted by Crippen LogP contribution is -2.37. The van der Waals surface area contributed by atoms with Crippen LogP contribution in [0.3, 0.4) is 0 Å². The molecule has 100 valence electrons. The Morgan fingerprint density at radius 2 is 2.05 bits per heavy atom. The molecule has 0 aliphatic carbocycles. The molecule has 0 spiro atoms. The van der Waals surface area contributed by atoms with E-state index in [0.717, 1.165) is 0 Å². The van der Waals surface area contributed by atoms with Gasteiger partial charge in [-0.25, -0.2) is 9.79 Å². The van der Waals surface area contributed by atoms with Gasteiger partial charge in [-0.3, -0.25) is 10.1 Å². The van der Waals surface area contributed by atoms with Crippen molar-refractivity contribution in [3.8, 4) is 0 Å². The van der Waals surface area contributed by atoms with Crippen molar-refractivity contribution in [2.45, 2.75) is 19.6 Å². The van der Waals surface area contributed by atoms with Gasteiger partial charge in [0.2, 0.25) is 12.3 Å². The van der Waals surface area contributed by atoms with Gasteiger partial charge in [-0.1, -0.05) is 30.3 Å². The highest BCUT2D eigenvalue weighted by Crippen LogP contribution is 2.39. The SMILES string of the molecule is CC1=NC(c2ccccc2)(C(C)C[N+](=O)[O-])OC1=O. The third kappa shape index (κ3) is 2.33. The molecule has 0 saturated heterocycles. The van der Waals surface area contributed by atoms with Crippen LogP contribution >= 0.6 is 0 Å². The first-order valence-corrected chi connectivity index (χ1v) is 5.93. The summed E-state index contributed by atoms with van der Waals surface area (Å²) in [6, 6.07) is 8.90. The normalized spacial score (nSPS) is 23.7. The van der Waals surface area contributed by atoms with Crippen molar-refractivity contribution in [2.24, 2.45) is 10.9 Å². The summed E-state index contributed by atoms with van der Waals surface area (Å²) < 4.78 is 5.36. The summed E-state index contributed by atoms with van der Waals surface area (Å²) in [7, 11) is 0. The van der Waals surface area contributed by atoms with E-state index in [2.05, 4.69) is 4.99 Å². The number of nitro groups is 1. The van der Waals surface area contributed by atoms with Gasteiger partial charge in [0.05, 0.1) is 5.92 Å². The van der Waals surface area contributed by atoms with Crippen molar-refractivity contribution in [3.63, 3.8) is 0 Å². The number of nitrogens with zero attached hydrogens (tertiary/aromatic N) is 2. The largest absolute Gasteiger partial charge is 0.428 e. The molecule has 2 rings (SSSR count). The van der Waals surface area contributed by atoms with E-state index in [9.17, 15) is 14.9 Å². The Kier molecular flexibility index (Phi) is 3.33. The maximum atomic E-state index is 11.6. The fraction of sp³-hybridized carbons (Fsp3) is 0.385. The Labute approximate surface area is 110 Å². The molecule has 1 aliphatic heterocycles. The number of benzene rings is 1. The number of hydrogen-bond acceptors (Lipinski definition) is 5. The summed E-state index contributed by atoms with van der Waals surface area (Å²) in [4.78, 5) is 26.2. The minimum Gasteiger partial charge on any atom is -0.428 e. The second kappa shape index (κ2) is 4.79. The zero-order valence-corrected chi connectivity index (χ0v) is 10.7. The lowest BCUT2D eigenvalue weighted by atomic mass is 9.90. The molecule has 6 heteroatoms. The van der Waals surface area contributed by atoms with Crippen LogP contribution in [0.1, 0.15) is 19.4 Å². The summed E-state index contributed by atoms with van der Waals surface area (Å²) in [5, 5.41) is 10.7. The highest BCUT2D eigenvalue weighted by Gasteiger charge is 2.48. The Bertz CT molecular complexity index is 541. The highest BCUT2D eigenvalue weighted by atomic mass is 16.6. The van der Waals surface area contributed by atoms with Crippen LogP contribution in [0, 0.1) is 16.0 Å². The van der Waals surface area contributed by atoms with Gasteiger partial charge < -0.3 is 4.74 Å². The van der Waals surface area contributed by atoms with Gasteiger partial charge in [0.15, 0.2) is 0 Å². The van der Waals surface area contributed by atoms with Gasteiger partial charge in [0.1, 0.15) is 5.71 Å². The van der Waals surface area contributed by atoms with E-state index in [0.29, 0.717) is 5.56 Å².